The van der Waals surface area contributed by atoms with Crippen molar-refractivity contribution in [3.63, 3.8) is 0 Å². The van der Waals surface area contributed by atoms with E-state index in [2.05, 4.69) is 10.4 Å². The number of halogens is 2. The smallest absolute Gasteiger partial charge is 0.267 e. The number of hydrazone groups is 1. The van der Waals surface area contributed by atoms with Crippen LogP contribution >= 0.6 is 23.2 Å². The molecule has 136 valence electrons. The maximum Gasteiger partial charge on any atom is 0.267 e. The highest BCUT2D eigenvalue weighted by molar-refractivity contribution is 6.40. The number of hydrogen-bond acceptors (Lipinski definition) is 3. The van der Waals surface area contributed by atoms with E-state index in [0.717, 1.165) is 12.2 Å². The predicted molar refractivity (Wildman–Crippen MR) is 105 cm³/mol. The van der Waals surface area contributed by atoms with Crippen LogP contribution in [0.15, 0.2) is 23.3 Å². The number of anilines is 1. The molecule has 0 saturated heterocycles. The summed E-state index contributed by atoms with van der Waals surface area (Å²) in [6.07, 6.45) is 7.64. The van der Waals surface area contributed by atoms with Gasteiger partial charge < -0.3 is 5.32 Å². The topological polar surface area (TPSA) is 44.7 Å². The van der Waals surface area contributed by atoms with Gasteiger partial charge in [0.05, 0.1) is 17.3 Å². The van der Waals surface area contributed by atoms with Crippen LogP contribution in [0.4, 0.5) is 5.69 Å². The minimum atomic E-state index is -0.0515. The third-order valence-corrected chi connectivity index (χ3v) is 5.63. The van der Waals surface area contributed by atoms with Crippen LogP contribution in [0.25, 0.3) is 0 Å². The summed E-state index contributed by atoms with van der Waals surface area (Å²) in [5.74, 6) is 0.621. The van der Waals surface area contributed by atoms with Crippen molar-refractivity contribution in [2.24, 2.45) is 16.9 Å². The van der Waals surface area contributed by atoms with Crippen molar-refractivity contribution in [2.45, 2.75) is 45.4 Å². The lowest BCUT2D eigenvalue weighted by Gasteiger charge is -2.16. The van der Waals surface area contributed by atoms with E-state index in [4.69, 9.17) is 23.2 Å². The van der Waals surface area contributed by atoms with Gasteiger partial charge in [-0.15, -0.1) is 0 Å². The van der Waals surface area contributed by atoms with Gasteiger partial charge in [0.15, 0.2) is 0 Å². The molecule has 25 heavy (non-hydrogen) atoms. The fraction of sp³-hybridized carbons (Fsp3) is 0.579. The van der Waals surface area contributed by atoms with Crippen molar-refractivity contribution in [3.05, 3.63) is 28.2 Å². The fourth-order valence-electron chi connectivity index (χ4n) is 3.62. The Morgan fingerprint density at radius 3 is 2.64 bits per heavy atom. The molecule has 0 bridgehead atoms. The van der Waals surface area contributed by atoms with E-state index in [1.807, 2.05) is 13.0 Å². The SMILES string of the molecule is CC1CN(c2ccc(Cl)cc2Cl)N=C1C(=O)NCC1CCCCCC1. The summed E-state index contributed by atoms with van der Waals surface area (Å²) in [5, 5.41) is 10.5. The molecule has 1 heterocycles. The molecule has 4 nitrogen and oxygen atoms in total. The van der Waals surface area contributed by atoms with E-state index in [1.165, 1.54) is 38.5 Å². The average Bonchev–Trinajstić information content (AvgIpc) is 2.80. The number of nitrogens with zero attached hydrogens (tertiary/aromatic N) is 2. The first kappa shape index (κ1) is 18.5. The van der Waals surface area contributed by atoms with E-state index >= 15 is 0 Å². The van der Waals surface area contributed by atoms with Crippen LogP contribution in [0.5, 0.6) is 0 Å². The van der Waals surface area contributed by atoms with Crippen molar-refractivity contribution in [1.29, 1.82) is 0 Å². The second-order valence-corrected chi connectivity index (χ2v) is 7.98. The number of carbonyl (C=O) groups is 1. The summed E-state index contributed by atoms with van der Waals surface area (Å²) in [6, 6.07) is 5.32. The van der Waals surface area contributed by atoms with Crippen molar-refractivity contribution < 1.29 is 4.79 Å². The van der Waals surface area contributed by atoms with Gasteiger partial charge in [0.2, 0.25) is 0 Å². The zero-order valence-electron chi connectivity index (χ0n) is 14.6. The number of rotatable bonds is 4. The molecule has 1 N–H and O–H groups in total. The van der Waals surface area contributed by atoms with Gasteiger partial charge >= 0.3 is 0 Å². The van der Waals surface area contributed by atoms with Gasteiger partial charge in [0, 0.05) is 17.5 Å². The van der Waals surface area contributed by atoms with E-state index < -0.39 is 0 Å². The lowest BCUT2D eigenvalue weighted by atomic mass is 10.00. The molecule has 1 aliphatic heterocycles. The minimum Gasteiger partial charge on any atom is -0.351 e. The molecule has 0 radical (unpaired) electrons. The summed E-state index contributed by atoms with van der Waals surface area (Å²) < 4.78 is 0. The Morgan fingerprint density at radius 1 is 1.24 bits per heavy atom. The van der Waals surface area contributed by atoms with Crippen LogP contribution in [0.2, 0.25) is 10.0 Å². The van der Waals surface area contributed by atoms with Crippen LogP contribution in [-0.4, -0.2) is 24.7 Å². The van der Waals surface area contributed by atoms with E-state index in [9.17, 15) is 4.79 Å². The van der Waals surface area contributed by atoms with Crippen molar-refractivity contribution in [3.8, 4) is 0 Å². The van der Waals surface area contributed by atoms with Crippen LogP contribution in [0, 0.1) is 11.8 Å². The second-order valence-electron chi connectivity index (χ2n) is 7.13. The Bertz CT molecular complexity index is 654. The minimum absolute atomic E-state index is 0.0515. The van der Waals surface area contributed by atoms with Crippen LogP contribution in [-0.2, 0) is 4.79 Å². The molecule has 3 rings (SSSR count). The zero-order chi connectivity index (χ0) is 17.8. The maximum atomic E-state index is 12.6. The number of carbonyl (C=O) groups excluding carboxylic acids is 1. The van der Waals surface area contributed by atoms with E-state index in [0.29, 0.717) is 28.2 Å². The molecular weight excluding hydrogens is 357 g/mol. The quantitative estimate of drug-likeness (QED) is 0.754. The Hall–Kier alpha value is -1.26. The van der Waals surface area contributed by atoms with Crippen LogP contribution in [0.1, 0.15) is 45.4 Å². The van der Waals surface area contributed by atoms with Gasteiger partial charge in [0.1, 0.15) is 5.71 Å². The molecule has 1 saturated carbocycles. The molecule has 1 amide bonds. The third kappa shape index (κ3) is 4.68. The summed E-state index contributed by atoms with van der Waals surface area (Å²) >= 11 is 12.2. The van der Waals surface area contributed by atoms with E-state index in [1.54, 1.807) is 17.1 Å². The first-order chi connectivity index (χ1) is 12.0. The molecule has 0 spiro atoms. The molecule has 1 atom stereocenters. The molecule has 0 aromatic heterocycles. The van der Waals surface area contributed by atoms with Gasteiger partial charge in [-0.05, 0) is 37.0 Å². The summed E-state index contributed by atoms with van der Waals surface area (Å²) in [4.78, 5) is 12.6. The predicted octanol–water partition coefficient (Wildman–Crippen LogP) is 4.89. The fourth-order valence-corrected chi connectivity index (χ4v) is 4.13. The Labute approximate surface area is 159 Å². The van der Waals surface area contributed by atoms with Crippen molar-refractivity contribution >= 4 is 40.5 Å². The van der Waals surface area contributed by atoms with Crippen molar-refractivity contribution in [2.75, 3.05) is 18.1 Å². The summed E-state index contributed by atoms with van der Waals surface area (Å²) in [6.45, 7) is 3.42. The molecular formula is C19H25Cl2N3O. The molecule has 1 aromatic carbocycles. The van der Waals surface area contributed by atoms with Gasteiger partial charge in [-0.1, -0.05) is 55.8 Å². The number of hydrogen-bond donors (Lipinski definition) is 1. The summed E-state index contributed by atoms with van der Waals surface area (Å²) in [7, 11) is 0. The van der Waals surface area contributed by atoms with Crippen LogP contribution in [0.3, 0.4) is 0 Å². The standard InChI is InChI=1S/C19H25Cl2N3O/c1-13-12-24(17-9-8-15(20)10-16(17)21)23-18(13)19(25)22-11-14-6-4-2-3-5-7-14/h8-10,13-14H,2-7,11-12H2,1H3,(H,22,25). The second kappa shape index (κ2) is 8.41. The molecule has 1 unspecified atom stereocenters. The van der Waals surface area contributed by atoms with E-state index in [-0.39, 0.29) is 11.8 Å². The molecule has 1 aromatic rings. The van der Waals surface area contributed by atoms with Gasteiger partial charge in [-0.2, -0.15) is 5.10 Å². The largest absolute Gasteiger partial charge is 0.351 e. The van der Waals surface area contributed by atoms with Crippen molar-refractivity contribution in [1.82, 2.24) is 5.32 Å². The number of nitrogens with one attached hydrogen (secondary N) is 1. The Kier molecular flexibility index (Phi) is 6.24. The third-order valence-electron chi connectivity index (χ3n) is 5.09. The van der Waals surface area contributed by atoms with Crippen LogP contribution < -0.4 is 10.3 Å². The highest BCUT2D eigenvalue weighted by Gasteiger charge is 2.30. The summed E-state index contributed by atoms with van der Waals surface area (Å²) in [5.41, 5.74) is 1.36. The first-order valence-corrected chi connectivity index (χ1v) is 9.89. The maximum absolute atomic E-state index is 12.6. The molecule has 1 aliphatic carbocycles. The lowest BCUT2D eigenvalue weighted by Crippen LogP contribution is -2.36. The Balaban J connectivity index is 1.63. The number of amides is 1. The lowest BCUT2D eigenvalue weighted by molar-refractivity contribution is -0.115. The zero-order valence-corrected chi connectivity index (χ0v) is 16.1. The first-order valence-electron chi connectivity index (χ1n) is 9.14. The molecule has 2 aliphatic rings. The van der Waals surface area contributed by atoms with Gasteiger partial charge in [-0.3, -0.25) is 9.80 Å². The Morgan fingerprint density at radius 2 is 1.96 bits per heavy atom. The van der Waals surface area contributed by atoms with Gasteiger partial charge in [-0.25, -0.2) is 0 Å². The molecule has 1 fully saturated rings. The highest BCUT2D eigenvalue weighted by atomic mass is 35.5. The number of benzene rings is 1. The highest BCUT2D eigenvalue weighted by Crippen LogP contribution is 2.32. The monoisotopic (exact) mass is 381 g/mol. The average molecular weight is 382 g/mol. The molecule has 6 heteroatoms. The normalized spacial score (nSPS) is 21.8. The van der Waals surface area contributed by atoms with Gasteiger partial charge in [0.25, 0.3) is 5.91 Å².